The second kappa shape index (κ2) is 10.2. The van der Waals surface area contributed by atoms with Crippen LogP contribution in [0.5, 0.6) is 11.5 Å². The first kappa shape index (κ1) is 22.4. The van der Waals surface area contributed by atoms with Gasteiger partial charge in [0, 0.05) is 5.02 Å². The molecule has 32 heavy (non-hydrogen) atoms. The lowest BCUT2D eigenvalue weighted by Crippen LogP contribution is -2.27. The number of rotatable bonds is 7. The van der Waals surface area contributed by atoms with Gasteiger partial charge in [-0.3, -0.25) is 9.69 Å². The predicted octanol–water partition coefficient (Wildman–Crippen LogP) is 6.33. The zero-order valence-electron chi connectivity index (χ0n) is 17.3. The van der Waals surface area contributed by atoms with Crippen LogP contribution in [0.25, 0.3) is 6.08 Å². The first-order chi connectivity index (χ1) is 15.5. The maximum atomic E-state index is 13.0. The lowest BCUT2D eigenvalue weighted by Gasteiger charge is -2.15. The third-order valence-corrected chi connectivity index (χ3v) is 6.63. The molecule has 4 rings (SSSR count). The number of methoxy groups -OCH3 is 1. The molecule has 4 nitrogen and oxygen atoms in total. The Morgan fingerprint density at radius 1 is 1.03 bits per heavy atom. The number of carbonyl (C=O) groups excluding carboxylic acids is 1. The highest BCUT2D eigenvalue weighted by molar-refractivity contribution is 8.26. The molecule has 0 N–H and O–H groups in total. The number of thiocarbonyl (C=S) groups is 1. The zero-order chi connectivity index (χ0) is 22.5. The van der Waals surface area contributed by atoms with Gasteiger partial charge in [0.15, 0.2) is 11.5 Å². The van der Waals surface area contributed by atoms with Gasteiger partial charge in [-0.1, -0.05) is 90.2 Å². The molecule has 3 aromatic rings. The minimum Gasteiger partial charge on any atom is -0.493 e. The highest BCUT2D eigenvalue weighted by atomic mass is 35.5. The number of amides is 1. The summed E-state index contributed by atoms with van der Waals surface area (Å²) in [5.74, 6) is 1.10. The summed E-state index contributed by atoms with van der Waals surface area (Å²) in [4.78, 5) is 15.1. The van der Waals surface area contributed by atoms with Crippen molar-refractivity contribution in [2.45, 2.75) is 13.2 Å². The molecule has 1 aliphatic heterocycles. The van der Waals surface area contributed by atoms with E-state index in [2.05, 4.69) is 0 Å². The summed E-state index contributed by atoms with van der Waals surface area (Å²) in [7, 11) is 1.59. The van der Waals surface area contributed by atoms with Gasteiger partial charge in [-0.05, 0) is 41.0 Å². The fourth-order valence-corrected chi connectivity index (χ4v) is 4.66. The molecule has 0 radical (unpaired) electrons. The van der Waals surface area contributed by atoms with E-state index in [1.807, 2.05) is 72.8 Å². The van der Waals surface area contributed by atoms with Gasteiger partial charge in [-0.2, -0.15) is 0 Å². The van der Waals surface area contributed by atoms with E-state index in [0.717, 1.165) is 16.7 Å². The SMILES string of the molecule is COc1cc(/C=C2/SC(=S)N(Cc3ccccc3Cl)C2=O)ccc1OCc1ccccc1. The summed E-state index contributed by atoms with van der Waals surface area (Å²) in [6.07, 6.45) is 1.81. The Balaban J connectivity index is 1.50. The number of nitrogens with zero attached hydrogens (tertiary/aromatic N) is 1. The van der Waals surface area contributed by atoms with Gasteiger partial charge in [0.1, 0.15) is 10.9 Å². The monoisotopic (exact) mass is 481 g/mol. The van der Waals surface area contributed by atoms with Crippen LogP contribution in [-0.2, 0) is 17.9 Å². The third kappa shape index (κ3) is 5.15. The Morgan fingerprint density at radius 2 is 1.78 bits per heavy atom. The normalized spacial score (nSPS) is 14.8. The average molecular weight is 482 g/mol. The van der Waals surface area contributed by atoms with E-state index >= 15 is 0 Å². The van der Waals surface area contributed by atoms with Crippen LogP contribution < -0.4 is 9.47 Å². The van der Waals surface area contributed by atoms with Gasteiger partial charge in [-0.25, -0.2) is 0 Å². The Kier molecular flexibility index (Phi) is 7.15. The van der Waals surface area contributed by atoms with Crippen molar-refractivity contribution < 1.29 is 14.3 Å². The number of halogens is 1. The Bertz CT molecular complexity index is 1180. The fourth-order valence-electron chi connectivity index (χ4n) is 3.21. The van der Waals surface area contributed by atoms with Gasteiger partial charge >= 0.3 is 0 Å². The first-order valence-electron chi connectivity index (χ1n) is 9.88. The summed E-state index contributed by atoms with van der Waals surface area (Å²) in [5.41, 5.74) is 2.75. The number of carbonyl (C=O) groups is 1. The van der Waals surface area contributed by atoms with E-state index in [1.54, 1.807) is 18.1 Å². The minimum atomic E-state index is -0.136. The van der Waals surface area contributed by atoms with Gasteiger partial charge in [0.25, 0.3) is 5.91 Å². The molecule has 3 aromatic carbocycles. The topological polar surface area (TPSA) is 38.8 Å². The van der Waals surface area contributed by atoms with Crippen molar-refractivity contribution in [1.82, 2.24) is 4.90 Å². The molecule has 0 unspecified atom stereocenters. The highest BCUT2D eigenvalue weighted by Gasteiger charge is 2.32. The third-order valence-electron chi connectivity index (χ3n) is 4.88. The van der Waals surface area contributed by atoms with Crippen molar-refractivity contribution in [3.8, 4) is 11.5 Å². The molecule has 0 saturated carbocycles. The molecule has 1 amide bonds. The van der Waals surface area contributed by atoms with Crippen LogP contribution in [0.15, 0.2) is 77.7 Å². The van der Waals surface area contributed by atoms with E-state index in [0.29, 0.717) is 38.9 Å². The lowest BCUT2D eigenvalue weighted by atomic mass is 10.1. The second-order valence-corrected chi connectivity index (χ2v) is 9.13. The van der Waals surface area contributed by atoms with Crippen LogP contribution in [0.2, 0.25) is 5.02 Å². The van der Waals surface area contributed by atoms with Crippen molar-refractivity contribution in [3.63, 3.8) is 0 Å². The van der Waals surface area contributed by atoms with Gasteiger partial charge in [0.2, 0.25) is 0 Å². The largest absolute Gasteiger partial charge is 0.493 e. The van der Waals surface area contributed by atoms with Gasteiger partial charge in [0.05, 0.1) is 18.6 Å². The second-order valence-electron chi connectivity index (χ2n) is 7.04. The van der Waals surface area contributed by atoms with Crippen molar-refractivity contribution in [3.05, 3.63) is 99.4 Å². The smallest absolute Gasteiger partial charge is 0.266 e. The molecule has 1 aliphatic rings. The molecule has 0 atom stereocenters. The molecule has 1 heterocycles. The highest BCUT2D eigenvalue weighted by Crippen LogP contribution is 2.36. The van der Waals surface area contributed by atoms with Crippen molar-refractivity contribution in [2.24, 2.45) is 0 Å². The lowest BCUT2D eigenvalue weighted by molar-refractivity contribution is -0.122. The van der Waals surface area contributed by atoms with Crippen LogP contribution in [0.3, 0.4) is 0 Å². The average Bonchev–Trinajstić information content (AvgIpc) is 3.07. The van der Waals surface area contributed by atoms with Gasteiger partial charge < -0.3 is 9.47 Å². The summed E-state index contributed by atoms with van der Waals surface area (Å²) >= 11 is 13.0. The Morgan fingerprint density at radius 3 is 2.53 bits per heavy atom. The van der Waals surface area contributed by atoms with Crippen molar-refractivity contribution >= 4 is 51.9 Å². The standard InChI is InChI=1S/C25H20ClNO3S2/c1-29-22-13-18(11-12-21(22)30-16-17-7-3-2-4-8-17)14-23-24(28)27(25(31)32-23)15-19-9-5-6-10-20(19)26/h2-14H,15-16H2,1H3/b23-14+. The minimum absolute atomic E-state index is 0.136. The number of hydrogen-bond acceptors (Lipinski definition) is 5. The number of thioether (sulfide) groups is 1. The molecule has 0 spiro atoms. The Hall–Kier alpha value is -2.80. The molecular weight excluding hydrogens is 462 g/mol. The fraction of sp³-hybridized carbons (Fsp3) is 0.120. The molecule has 162 valence electrons. The summed E-state index contributed by atoms with van der Waals surface area (Å²) in [5, 5.41) is 0.612. The molecular formula is C25H20ClNO3S2. The van der Waals surface area contributed by atoms with E-state index in [-0.39, 0.29) is 5.91 Å². The predicted molar refractivity (Wildman–Crippen MR) is 134 cm³/mol. The van der Waals surface area contributed by atoms with E-state index in [9.17, 15) is 4.79 Å². The van der Waals surface area contributed by atoms with Crippen LogP contribution in [0.1, 0.15) is 16.7 Å². The van der Waals surface area contributed by atoms with Gasteiger partial charge in [-0.15, -0.1) is 0 Å². The molecule has 1 fully saturated rings. The summed E-state index contributed by atoms with van der Waals surface area (Å²) < 4.78 is 11.9. The number of benzene rings is 3. The van der Waals surface area contributed by atoms with Crippen molar-refractivity contribution in [1.29, 1.82) is 0 Å². The summed E-state index contributed by atoms with van der Waals surface area (Å²) in [6.45, 7) is 0.786. The van der Waals surface area contributed by atoms with Crippen LogP contribution >= 0.6 is 35.6 Å². The Labute approximate surface area is 201 Å². The molecule has 1 saturated heterocycles. The van der Waals surface area contributed by atoms with E-state index in [4.69, 9.17) is 33.3 Å². The van der Waals surface area contributed by atoms with Crippen LogP contribution in [0, 0.1) is 0 Å². The van der Waals surface area contributed by atoms with Crippen molar-refractivity contribution in [2.75, 3.05) is 7.11 Å². The van der Waals surface area contributed by atoms with E-state index in [1.165, 1.54) is 11.8 Å². The molecule has 0 bridgehead atoms. The molecule has 0 aromatic heterocycles. The molecule has 0 aliphatic carbocycles. The van der Waals surface area contributed by atoms with E-state index < -0.39 is 0 Å². The number of hydrogen-bond donors (Lipinski definition) is 0. The maximum Gasteiger partial charge on any atom is 0.266 e. The van der Waals surface area contributed by atoms with Crippen LogP contribution in [-0.4, -0.2) is 22.2 Å². The quantitative estimate of drug-likeness (QED) is 0.291. The van der Waals surface area contributed by atoms with Crippen LogP contribution in [0.4, 0.5) is 0 Å². The first-order valence-corrected chi connectivity index (χ1v) is 11.5. The summed E-state index contributed by atoms with van der Waals surface area (Å²) in [6, 6.07) is 23.0. The number of ether oxygens (including phenoxy) is 2. The maximum absolute atomic E-state index is 13.0. The zero-order valence-corrected chi connectivity index (χ0v) is 19.7. The molecule has 7 heteroatoms.